The summed E-state index contributed by atoms with van der Waals surface area (Å²) in [5, 5.41) is 18.2. The first-order valence-corrected chi connectivity index (χ1v) is 5.33. The van der Waals surface area contributed by atoms with Crippen LogP contribution in [0.25, 0.3) is 0 Å². The Bertz CT molecular complexity index is 262. The Morgan fingerprint density at radius 1 is 1.27 bits per heavy atom. The molecule has 0 saturated heterocycles. The highest BCUT2D eigenvalue weighted by atomic mass is 16.3. The second-order valence-corrected chi connectivity index (χ2v) is 3.71. The molecule has 0 fully saturated rings. The van der Waals surface area contributed by atoms with Gasteiger partial charge in [-0.3, -0.25) is 0 Å². The molecule has 0 spiro atoms. The molecule has 1 aromatic carbocycles. The Kier molecular flexibility index (Phi) is 5.15. The Morgan fingerprint density at radius 2 is 1.93 bits per heavy atom. The highest BCUT2D eigenvalue weighted by Gasteiger charge is 2.08. The van der Waals surface area contributed by atoms with Crippen molar-refractivity contribution >= 4 is 5.69 Å². The molecule has 3 heteroatoms. The predicted octanol–water partition coefficient (Wildman–Crippen LogP) is 1.26. The van der Waals surface area contributed by atoms with Crippen LogP contribution in [0.15, 0.2) is 30.3 Å². The van der Waals surface area contributed by atoms with E-state index in [9.17, 15) is 5.11 Å². The third-order valence-corrected chi connectivity index (χ3v) is 2.19. The monoisotopic (exact) mass is 209 g/mol. The summed E-state index contributed by atoms with van der Waals surface area (Å²) < 4.78 is 0. The van der Waals surface area contributed by atoms with Crippen molar-refractivity contribution in [3.05, 3.63) is 30.3 Å². The van der Waals surface area contributed by atoms with E-state index < -0.39 is 0 Å². The lowest BCUT2D eigenvalue weighted by molar-refractivity contribution is 0.198. The molecule has 0 unspecified atom stereocenters. The molecule has 0 bridgehead atoms. The average molecular weight is 209 g/mol. The fourth-order valence-electron chi connectivity index (χ4n) is 1.55. The molecule has 0 aliphatic heterocycles. The zero-order valence-corrected chi connectivity index (χ0v) is 9.13. The third-order valence-electron chi connectivity index (χ3n) is 2.19. The lowest BCUT2D eigenvalue weighted by Crippen LogP contribution is -2.32. The second-order valence-electron chi connectivity index (χ2n) is 3.71. The van der Waals surface area contributed by atoms with Crippen molar-refractivity contribution in [2.75, 3.05) is 24.6 Å². The van der Waals surface area contributed by atoms with Gasteiger partial charge in [-0.25, -0.2) is 0 Å². The van der Waals surface area contributed by atoms with Crippen molar-refractivity contribution in [1.82, 2.24) is 0 Å². The van der Waals surface area contributed by atoms with Crippen LogP contribution in [0.4, 0.5) is 5.69 Å². The summed E-state index contributed by atoms with van der Waals surface area (Å²) in [6.07, 6.45) is 0.366. The molecule has 1 rings (SSSR count). The van der Waals surface area contributed by atoms with Gasteiger partial charge in [-0.05, 0) is 25.5 Å². The van der Waals surface area contributed by atoms with Gasteiger partial charge in [0.1, 0.15) is 0 Å². The molecule has 0 aromatic heterocycles. The number of aliphatic hydroxyl groups excluding tert-OH is 2. The van der Waals surface area contributed by atoms with Crippen LogP contribution in [0.3, 0.4) is 0 Å². The van der Waals surface area contributed by atoms with Crippen LogP contribution in [0, 0.1) is 0 Å². The van der Waals surface area contributed by atoms with E-state index in [0.717, 1.165) is 18.7 Å². The quantitative estimate of drug-likeness (QED) is 0.741. The van der Waals surface area contributed by atoms with Crippen LogP contribution < -0.4 is 4.90 Å². The summed E-state index contributed by atoms with van der Waals surface area (Å²) in [5.41, 5.74) is 1.09. The van der Waals surface area contributed by atoms with Gasteiger partial charge in [-0.2, -0.15) is 0 Å². The van der Waals surface area contributed by atoms with Gasteiger partial charge in [0.05, 0.1) is 6.10 Å². The number of benzene rings is 1. The Morgan fingerprint density at radius 3 is 2.47 bits per heavy atom. The van der Waals surface area contributed by atoms with Gasteiger partial charge in [0.25, 0.3) is 0 Å². The van der Waals surface area contributed by atoms with Crippen LogP contribution in [-0.4, -0.2) is 36.0 Å². The first kappa shape index (κ1) is 12.0. The van der Waals surface area contributed by atoms with Crippen LogP contribution in [-0.2, 0) is 0 Å². The summed E-state index contributed by atoms with van der Waals surface area (Å²) in [6, 6.07) is 9.95. The topological polar surface area (TPSA) is 43.7 Å². The molecule has 0 heterocycles. The standard InChI is InChI=1S/C12H19NO2/c1-11(15)10-13(8-5-9-14)12-6-3-2-4-7-12/h2-4,6-7,11,14-15H,5,8-10H2,1H3/t11-/m0/s1. The molecule has 0 aliphatic carbocycles. The predicted molar refractivity (Wildman–Crippen MR) is 62.0 cm³/mol. The normalized spacial score (nSPS) is 12.5. The molecular weight excluding hydrogens is 190 g/mol. The molecule has 0 radical (unpaired) electrons. The molecule has 0 aliphatic rings. The van der Waals surface area contributed by atoms with Gasteiger partial charge < -0.3 is 15.1 Å². The van der Waals surface area contributed by atoms with Gasteiger partial charge in [0, 0.05) is 25.4 Å². The molecule has 0 amide bonds. The van der Waals surface area contributed by atoms with Crippen LogP contribution in [0.5, 0.6) is 0 Å². The first-order valence-electron chi connectivity index (χ1n) is 5.33. The number of aliphatic hydroxyl groups is 2. The van der Waals surface area contributed by atoms with Crippen molar-refractivity contribution in [3.8, 4) is 0 Å². The molecule has 15 heavy (non-hydrogen) atoms. The minimum Gasteiger partial charge on any atom is -0.396 e. The number of para-hydroxylation sites is 1. The third kappa shape index (κ3) is 4.32. The average Bonchev–Trinajstić information content (AvgIpc) is 2.25. The van der Waals surface area contributed by atoms with Gasteiger partial charge in [0.15, 0.2) is 0 Å². The first-order chi connectivity index (χ1) is 7.24. The van der Waals surface area contributed by atoms with E-state index in [1.807, 2.05) is 30.3 Å². The smallest absolute Gasteiger partial charge is 0.0687 e. The molecule has 3 nitrogen and oxygen atoms in total. The van der Waals surface area contributed by atoms with E-state index in [0.29, 0.717) is 6.54 Å². The van der Waals surface area contributed by atoms with Crippen LogP contribution in [0.1, 0.15) is 13.3 Å². The van der Waals surface area contributed by atoms with Crippen LogP contribution in [0.2, 0.25) is 0 Å². The maximum Gasteiger partial charge on any atom is 0.0687 e. The van der Waals surface area contributed by atoms with Crippen molar-refractivity contribution in [1.29, 1.82) is 0 Å². The van der Waals surface area contributed by atoms with Crippen molar-refractivity contribution in [3.63, 3.8) is 0 Å². The van der Waals surface area contributed by atoms with Gasteiger partial charge in [-0.15, -0.1) is 0 Å². The van der Waals surface area contributed by atoms with E-state index in [1.54, 1.807) is 6.92 Å². The van der Waals surface area contributed by atoms with E-state index in [1.165, 1.54) is 0 Å². The van der Waals surface area contributed by atoms with Crippen LogP contribution >= 0.6 is 0 Å². The molecular formula is C12H19NO2. The fourth-order valence-corrected chi connectivity index (χ4v) is 1.55. The summed E-state index contributed by atoms with van der Waals surface area (Å²) in [7, 11) is 0. The molecule has 1 atom stereocenters. The molecule has 2 N–H and O–H groups in total. The van der Waals surface area contributed by atoms with Crippen molar-refractivity contribution in [2.24, 2.45) is 0 Å². The molecule has 0 saturated carbocycles. The minimum atomic E-state index is -0.358. The van der Waals surface area contributed by atoms with Crippen molar-refractivity contribution in [2.45, 2.75) is 19.4 Å². The maximum absolute atomic E-state index is 9.38. The number of hydrogen-bond donors (Lipinski definition) is 2. The fraction of sp³-hybridized carbons (Fsp3) is 0.500. The number of nitrogens with zero attached hydrogens (tertiary/aromatic N) is 1. The van der Waals surface area contributed by atoms with E-state index >= 15 is 0 Å². The zero-order valence-electron chi connectivity index (χ0n) is 9.13. The second kappa shape index (κ2) is 6.43. The summed E-state index contributed by atoms with van der Waals surface area (Å²) in [5.74, 6) is 0. The van der Waals surface area contributed by atoms with Crippen molar-refractivity contribution < 1.29 is 10.2 Å². The molecule has 1 aromatic rings. The molecule has 84 valence electrons. The van der Waals surface area contributed by atoms with Gasteiger partial charge in [-0.1, -0.05) is 18.2 Å². The Balaban J connectivity index is 2.63. The van der Waals surface area contributed by atoms with E-state index in [4.69, 9.17) is 5.11 Å². The number of hydrogen-bond acceptors (Lipinski definition) is 3. The highest BCUT2D eigenvalue weighted by Crippen LogP contribution is 2.13. The van der Waals surface area contributed by atoms with Gasteiger partial charge >= 0.3 is 0 Å². The largest absolute Gasteiger partial charge is 0.396 e. The summed E-state index contributed by atoms with van der Waals surface area (Å²) >= 11 is 0. The lowest BCUT2D eigenvalue weighted by Gasteiger charge is -2.25. The zero-order chi connectivity index (χ0) is 11.1. The lowest BCUT2D eigenvalue weighted by atomic mass is 10.2. The highest BCUT2D eigenvalue weighted by molar-refractivity contribution is 5.45. The SMILES string of the molecule is C[C@H](O)CN(CCCO)c1ccccc1. The van der Waals surface area contributed by atoms with Gasteiger partial charge in [0.2, 0.25) is 0 Å². The van der Waals surface area contributed by atoms with E-state index in [-0.39, 0.29) is 12.7 Å². The maximum atomic E-state index is 9.38. The number of anilines is 1. The summed E-state index contributed by atoms with van der Waals surface area (Å²) in [4.78, 5) is 2.08. The Labute approximate surface area is 91.0 Å². The minimum absolute atomic E-state index is 0.184. The summed E-state index contributed by atoms with van der Waals surface area (Å²) in [6.45, 7) is 3.33. The number of rotatable bonds is 6. The Hall–Kier alpha value is -1.06. The van der Waals surface area contributed by atoms with E-state index in [2.05, 4.69) is 4.90 Å².